The number of hydrogen-bond acceptors (Lipinski definition) is 3. The zero-order valence-electron chi connectivity index (χ0n) is 32.7. The molecular formula is C45H80O3. The first kappa shape index (κ1) is 44.2. The molecule has 0 unspecified atom stereocenters. The molecule has 0 N–H and O–H groups in total. The normalized spacial score (nSPS) is 11.0. The maximum Gasteiger partial charge on any atom is 0.203 e. The van der Waals surface area contributed by atoms with Gasteiger partial charge in [-0.2, -0.15) is 0 Å². The van der Waals surface area contributed by atoms with E-state index in [1.807, 2.05) is 6.92 Å². The monoisotopic (exact) mass is 669 g/mol. The molecule has 48 heavy (non-hydrogen) atoms. The summed E-state index contributed by atoms with van der Waals surface area (Å²) in [6.45, 7) is 10.9. The van der Waals surface area contributed by atoms with E-state index < -0.39 is 0 Å². The van der Waals surface area contributed by atoms with Crippen molar-refractivity contribution in [3.8, 4) is 29.1 Å². The maximum atomic E-state index is 6.48. The molecule has 0 heterocycles. The number of rotatable bonds is 36. The van der Waals surface area contributed by atoms with Gasteiger partial charge in [0.15, 0.2) is 11.5 Å². The SMILES string of the molecule is CC#Cc1cc(OCCCCCCCCCCCC)c(OCCCCCCCCCCCC)c(OCCCCCCCCCCCC)c1. The van der Waals surface area contributed by atoms with Crippen LogP contribution in [0.5, 0.6) is 17.2 Å². The first-order valence-electron chi connectivity index (χ1n) is 21.3. The van der Waals surface area contributed by atoms with E-state index >= 15 is 0 Å². The highest BCUT2D eigenvalue weighted by atomic mass is 16.5. The predicted octanol–water partition coefficient (Wildman–Crippen LogP) is 15.0. The van der Waals surface area contributed by atoms with Crippen LogP contribution in [0.3, 0.4) is 0 Å². The molecular weight excluding hydrogens is 588 g/mol. The van der Waals surface area contributed by atoms with E-state index in [2.05, 4.69) is 44.7 Å². The second kappa shape index (κ2) is 35.0. The Hall–Kier alpha value is -1.82. The minimum absolute atomic E-state index is 0.707. The number of ether oxygens (including phenoxy) is 3. The van der Waals surface area contributed by atoms with Gasteiger partial charge in [0, 0.05) is 5.56 Å². The van der Waals surface area contributed by atoms with Crippen LogP contribution < -0.4 is 14.2 Å². The van der Waals surface area contributed by atoms with E-state index in [1.54, 1.807) is 0 Å². The van der Waals surface area contributed by atoms with Crippen LogP contribution in [0.25, 0.3) is 0 Å². The molecule has 1 rings (SSSR count). The Bertz CT molecular complexity index is 835. The Morgan fingerprint density at radius 3 is 0.938 bits per heavy atom. The lowest BCUT2D eigenvalue weighted by Gasteiger charge is -2.18. The van der Waals surface area contributed by atoms with Gasteiger partial charge in [-0.05, 0) is 38.3 Å². The van der Waals surface area contributed by atoms with Gasteiger partial charge in [0.05, 0.1) is 19.8 Å². The van der Waals surface area contributed by atoms with E-state index in [9.17, 15) is 0 Å². The maximum absolute atomic E-state index is 6.48. The second-order valence-corrected chi connectivity index (χ2v) is 14.3. The third-order valence-electron chi connectivity index (χ3n) is 9.55. The molecule has 0 saturated heterocycles. The van der Waals surface area contributed by atoms with Crippen LogP contribution >= 0.6 is 0 Å². The van der Waals surface area contributed by atoms with E-state index in [-0.39, 0.29) is 0 Å². The van der Waals surface area contributed by atoms with Gasteiger partial charge < -0.3 is 14.2 Å². The molecule has 0 aliphatic carbocycles. The van der Waals surface area contributed by atoms with Crippen LogP contribution in [0.1, 0.15) is 226 Å². The molecule has 0 aliphatic rings. The molecule has 0 aliphatic heterocycles. The van der Waals surface area contributed by atoms with Gasteiger partial charge in [0.2, 0.25) is 5.75 Å². The Balaban J connectivity index is 2.61. The third kappa shape index (κ3) is 26.1. The smallest absolute Gasteiger partial charge is 0.203 e. The summed E-state index contributed by atoms with van der Waals surface area (Å²) in [5.74, 6) is 8.71. The van der Waals surface area contributed by atoms with Crippen molar-refractivity contribution in [1.29, 1.82) is 0 Å². The highest BCUT2D eigenvalue weighted by Gasteiger charge is 2.16. The lowest BCUT2D eigenvalue weighted by molar-refractivity contribution is 0.234. The molecule has 0 atom stereocenters. The van der Waals surface area contributed by atoms with Crippen molar-refractivity contribution in [2.75, 3.05) is 19.8 Å². The van der Waals surface area contributed by atoms with E-state index in [1.165, 1.54) is 173 Å². The molecule has 3 nitrogen and oxygen atoms in total. The summed E-state index contributed by atoms with van der Waals surface area (Å²) in [4.78, 5) is 0. The minimum Gasteiger partial charge on any atom is -0.490 e. The molecule has 0 amide bonds. The van der Waals surface area contributed by atoms with Gasteiger partial charge in [0.25, 0.3) is 0 Å². The summed E-state index contributed by atoms with van der Waals surface area (Å²) in [6, 6.07) is 4.13. The fraction of sp³-hybridized carbons (Fsp3) is 0.822. The fourth-order valence-corrected chi connectivity index (χ4v) is 6.46. The summed E-state index contributed by atoms with van der Waals surface area (Å²) >= 11 is 0. The van der Waals surface area contributed by atoms with Crippen LogP contribution in [0.15, 0.2) is 12.1 Å². The third-order valence-corrected chi connectivity index (χ3v) is 9.55. The molecule has 0 aromatic heterocycles. The lowest BCUT2D eigenvalue weighted by Crippen LogP contribution is -2.07. The second-order valence-electron chi connectivity index (χ2n) is 14.3. The molecule has 0 radical (unpaired) electrons. The number of hydrogen-bond donors (Lipinski definition) is 0. The molecule has 278 valence electrons. The van der Waals surface area contributed by atoms with Gasteiger partial charge in [0.1, 0.15) is 0 Å². The average molecular weight is 669 g/mol. The first-order valence-corrected chi connectivity index (χ1v) is 21.3. The lowest BCUT2D eigenvalue weighted by atomic mass is 10.1. The van der Waals surface area contributed by atoms with Gasteiger partial charge in [-0.1, -0.05) is 200 Å². The van der Waals surface area contributed by atoms with Crippen LogP contribution in [-0.4, -0.2) is 19.8 Å². The van der Waals surface area contributed by atoms with Crippen LogP contribution in [-0.2, 0) is 0 Å². The fourth-order valence-electron chi connectivity index (χ4n) is 6.46. The number of unbranched alkanes of at least 4 members (excludes halogenated alkanes) is 27. The van der Waals surface area contributed by atoms with Gasteiger partial charge in [-0.15, -0.1) is 5.92 Å². The van der Waals surface area contributed by atoms with Crippen molar-refractivity contribution in [1.82, 2.24) is 0 Å². The largest absolute Gasteiger partial charge is 0.490 e. The van der Waals surface area contributed by atoms with Crippen molar-refractivity contribution in [2.45, 2.75) is 220 Å². The Morgan fingerprint density at radius 1 is 0.375 bits per heavy atom. The van der Waals surface area contributed by atoms with Crippen molar-refractivity contribution >= 4 is 0 Å². The summed E-state index contributed by atoms with van der Waals surface area (Å²) in [6.07, 6.45) is 39.7. The minimum atomic E-state index is 0.707. The topological polar surface area (TPSA) is 27.7 Å². The van der Waals surface area contributed by atoms with Crippen LogP contribution in [0, 0.1) is 11.8 Å². The quantitative estimate of drug-likeness (QED) is 0.0526. The Morgan fingerprint density at radius 2 is 0.646 bits per heavy atom. The highest BCUT2D eigenvalue weighted by Crippen LogP contribution is 2.39. The number of benzene rings is 1. The van der Waals surface area contributed by atoms with Crippen molar-refractivity contribution in [3.63, 3.8) is 0 Å². The zero-order chi connectivity index (χ0) is 34.6. The zero-order valence-corrected chi connectivity index (χ0v) is 32.7. The van der Waals surface area contributed by atoms with Crippen molar-refractivity contribution in [2.24, 2.45) is 0 Å². The van der Waals surface area contributed by atoms with Crippen LogP contribution in [0.4, 0.5) is 0 Å². The van der Waals surface area contributed by atoms with Gasteiger partial charge >= 0.3 is 0 Å². The molecule has 1 aromatic carbocycles. The van der Waals surface area contributed by atoms with Crippen molar-refractivity contribution in [3.05, 3.63) is 17.7 Å². The summed E-state index contributed by atoms with van der Waals surface area (Å²) in [7, 11) is 0. The van der Waals surface area contributed by atoms with E-state index in [0.29, 0.717) is 19.8 Å². The molecule has 1 aromatic rings. The first-order chi connectivity index (χ1) is 23.8. The molecule has 3 heteroatoms. The van der Waals surface area contributed by atoms with E-state index in [0.717, 1.165) is 42.1 Å². The standard InChI is InChI=1S/C45H80O3/c1-5-9-12-15-18-21-24-27-30-33-37-46-43-40-42(36-8-4)41-44(47-38-34-31-28-25-22-19-16-13-10-6-2)45(43)48-39-35-32-29-26-23-20-17-14-11-7-3/h40-41H,5-7,9-35,37-39H2,1-4H3. The van der Waals surface area contributed by atoms with Gasteiger partial charge in [-0.3, -0.25) is 0 Å². The molecule has 0 saturated carbocycles. The predicted molar refractivity (Wildman–Crippen MR) is 211 cm³/mol. The van der Waals surface area contributed by atoms with E-state index in [4.69, 9.17) is 14.2 Å². The average Bonchev–Trinajstić information content (AvgIpc) is 3.09. The summed E-state index contributed by atoms with van der Waals surface area (Å²) < 4.78 is 19.3. The molecule has 0 spiro atoms. The summed E-state index contributed by atoms with van der Waals surface area (Å²) in [5.41, 5.74) is 0.944. The molecule has 0 bridgehead atoms. The molecule has 0 fully saturated rings. The van der Waals surface area contributed by atoms with Gasteiger partial charge in [-0.25, -0.2) is 0 Å². The Labute approximate surface area is 300 Å². The van der Waals surface area contributed by atoms with Crippen LogP contribution in [0.2, 0.25) is 0 Å². The highest BCUT2D eigenvalue weighted by molar-refractivity contribution is 5.57. The summed E-state index contributed by atoms with van der Waals surface area (Å²) in [5, 5.41) is 0. The Kier molecular flexibility index (Phi) is 32.3. The van der Waals surface area contributed by atoms with Crippen molar-refractivity contribution < 1.29 is 14.2 Å².